The summed E-state index contributed by atoms with van der Waals surface area (Å²) in [7, 11) is 0. The molecule has 0 atom stereocenters. The van der Waals surface area contributed by atoms with Gasteiger partial charge in [0.05, 0.1) is 6.54 Å². The molecular weight excluding hydrogens is 279 g/mol. The van der Waals surface area contributed by atoms with Crippen LogP contribution in [0.25, 0.3) is 0 Å². The van der Waals surface area contributed by atoms with Crippen LogP contribution in [-0.2, 0) is 0 Å². The van der Waals surface area contributed by atoms with Crippen LogP contribution >= 0.6 is 0 Å². The zero-order valence-corrected chi connectivity index (χ0v) is 13.7. The van der Waals surface area contributed by atoms with Gasteiger partial charge in [0.1, 0.15) is 0 Å². The van der Waals surface area contributed by atoms with Crippen LogP contribution in [-0.4, -0.2) is 66.8 Å². The molecule has 1 N–H and O–H groups in total. The van der Waals surface area contributed by atoms with Crippen molar-refractivity contribution in [2.24, 2.45) is 0 Å². The Hall–Kier alpha value is -0.330. The minimum absolute atomic E-state index is 0.357. The fourth-order valence-corrected chi connectivity index (χ4v) is 3.06. The summed E-state index contributed by atoms with van der Waals surface area (Å²) in [5.74, 6) is 0. The Morgan fingerprint density at radius 1 is 1.10 bits per heavy atom. The van der Waals surface area contributed by atoms with E-state index in [1.165, 1.54) is 4.90 Å². The molecule has 1 rings (SSSR count). The topological polar surface area (TPSA) is 18.5 Å². The Morgan fingerprint density at radius 3 is 2.05 bits per heavy atom. The third kappa shape index (κ3) is 7.47. The number of alkyl halides is 3. The van der Waals surface area contributed by atoms with Gasteiger partial charge in [-0.1, -0.05) is 0 Å². The molecule has 1 aliphatic rings. The molecule has 1 heterocycles. The molecule has 0 radical (unpaired) electrons. The standard InChI is InChI=1S/C15H30F3N3/c1-12(2)21(13(3)4)10-7-19-14-5-8-20(9-6-14)11-15(16,17)18/h12-14,19H,5-11H2,1-4H3. The lowest BCUT2D eigenvalue weighted by atomic mass is 10.1. The fraction of sp³-hybridized carbons (Fsp3) is 1.00. The minimum atomic E-state index is -4.07. The highest BCUT2D eigenvalue weighted by Crippen LogP contribution is 2.19. The number of hydrogen-bond donors (Lipinski definition) is 1. The monoisotopic (exact) mass is 309 g/mol. The average molecular weight is 309 g/mol. The van der Waals surface area contributed by atoms with E-state index >= 15 is 0 Å². The molecule has 6 heteroatoms. The SMILES string of the molecule is CC(C)N(CCNC1CCN(CC(F)(F)F)CC1)C(C)C. The maximum absolute atomic E-state index is 12.3. The van der Waals surface area contributed by atoms with Crippen molar-refractivity contribution in [3.63, 3.8) is 0 Å². The zero-order valence-electron chi connectivity index (χ0n) is 13.7. The highest BCUT2D eigenvalue weighted by molar-refractivity contribution is 4.79. The molecule has 0 aliphatic carbocycles. The quantitative estimate of drug-likeness (QED) is 0.780. The molecule has 0 bridgehead atoms. The van der Waals surface area contributed by atoms with E-state index in [9.17, 15) is 13.2 Å². The van der Waals surface area contributed by atoms with Crippen LogP contribution < -0.4 is 5.32 Å². The molecule has 21 heavy (non-hydrogen) atoms. The van der Waals surface area contributed by atoms with E-state index in [4.69, 9.17) is 0 Å². The molecule has 0 aromatic carbocycles. The summed E-state index contributed by atoms with van der Waals surface area (Å²) in [5, 5.41) is 3.50. The molecular formula is C15H30F3N3. The first-order chi connectivity index (χ1) is 9.69. The van der Waals surface area contributed by atoms with Gasteiger partial charge in [-0.05, 0) is 53.6 Å². The fourth-order valence-electron chi connectivity index (χ4n) is 3.06. The lowest BCUT2D eigenvalue weighted by Gasteiger charge is -2.34. The predicted octanol–water partition coefficient (Wildman–Crippen LogP) is 2.72. The molecule has 0 aromatic rings. The summed E-state index contributed by atoms with van der Waals surface area (Å²) in [6, 6.07) is 1.39. The van der Waals surface area contributed by atoms with Gasteiger partial charge in [0, 0.05) is 31.2 Å². The molecule has 3 nitrogen and oxygen atoms in total. The van der Waals surface area contributed by atoms with Crippen molar-refractivity contribution in [3.8, 4) is 0 Å². The van der Waals surface area contributed by atoms with E-state index in [1.54, 1.807) is 0 Å². The van der Waals surface area contributed by atoms with E-state index in [1.807, 2.05) is 0 Å². The zero-order chi connectivity index (χ0) is 16.0. The maximum Gasteiger partial charge on any atom is 0.401 e. The van der Waals surface area contributed by atoms with Crippen molar-refractivity contribution >= 4 is 0 Å². The van der Waals surface area contributed by atoms with Crippen molar-refractivity contribution in [1.82, 2.24) is 15.1 Å². The van der Waals surface area contributed by atoms with Crippen LogP contribution in [0.5, 0.6) is 0 Å². The summed E-state index contributed by atoms with van der Waals surface area (Å²) >= 11 is 0. The molecule has 0 amide bonds. The molecule has 0 unspecified atom stereocenters. The number of rotatable bonds is 7. The first kappa shape index (κ1) is 18.7. The molecule has 0 spiro atoms. The van der Waals surface area contributed by atoms with E-state index in [0.717, 1.165) is 25.9 Å². The third-order valence-corrected chi connectivity index (χ3v) is 4.12. The molecule has 126 valence electrons. The van der Waals surface area contributed by atoms with Crippen LogP contribution in [0, 0.1) is 0 Å². The van der Waals surface area contributed by atoms with Crippen LogP contribution in [0.15, 0.2) is 0 Å². The summed E-state index contributed by atoms with van der Waals surface area (Å²) in [5.41, 5.74) is 0. The van der Waals surface area contributed by atoms with Gasteiger partial charge in [0.15, 0.2) is 0 Å². The van der Waals surface area contributed by atoms with Gasteiger partial charge >= 0.3 is 6.18 Å². The van der Waals surface area contributed by atoms with E-state index in [-0.39, 0.29) is 0 Å². The van der Waals surface area contributed by atoms with Crippen molar-refractivity contribution < 1.29 is 13.2 Å². The normalized spacial score (nSPS) is 19.1. The molecule has 1 saturated heterocycles. The Labute approximate surface area is 126 Å². The number of nitrogens with one attached hydrogen (secondary N) is 1. The van der Waals surface area contributed by atoms with E-state index in [2.05, 4.69) is 37.9 Å². The smallest absolute Gasteiger partial charge is 0.313 e. The maximum atomic E-state index is 12.3. The second-order valence-corrected chi connectivity index (χ2v) is 6.55. The molecule has 1 aliphatic heterocycles. The van der Waals surface area contributed by atoms with Crippen LogP contribution in [0.4, 0.5) is 13.2 Å². The number of piperidine rings is 1. The van der Waals surface area contributed by atoms with Gasteiger partial charge in [-0.25, -0.2) is 0 Å². The molecule has 1 fully saturated rings. The van der Waals surface area contributed by atoms with Gasteiger partial charge in [-0.3, -0.25) is 9.80 Å². The Bertz CT molecular complexity index is 276. The van der Waals surface area contributed by atoms with Gasteiger partial charge in [-0.15, -0.1) is 0 Å². The van der Waals surface area contributed by atoms with Gasteiger partial charge < -0.3 is 5.32 Å². The Kier molecular flexibility index (Phi) is 7.44. The first-order valence-corrected chi connectivity index (χ1v) is 7.97. The summed E-state index contributed by atoms with van der Waals surface area (Å²) < 4.78 is 37.0. The molecule has 0 aromatic heterocycles. The Balaban J connectivity index is 2.21. The molecule has 0 saturated carbocycles. The van der Waals surface area contributed by atoms with Crippen molar-refractivity contribution in [2.75, 3.05) is 32.7 Å². The highest BCUT2D eigenvalue weighted by atomic mass is 19.4. The van der Waals surface area contributed by atoms with Gasteiger partial charge in [0.25, 0.3) is 0 Å². The summed E-state index contributed by atoms with van der Waals surface area (Å²) in [6.07, 6.45) is -2.46. The highest BCUT2D eigenvalue weighted by Gasteiger charge is 2.32. The van der Waals surface area contributed by atoms with E-state index in [0.29, 0.717) is 31.2 Å². The van der Waals surface area contributed by atoms with E-state index < -0.39 is 12.7 Å². The summed E-state index contributed by atoms with van der Waals surface area (Å²) in [4.78, 5) is 3.93. The minimum Gasteiger partial charge on any atom is -0.313 e. The predicted molar refractivity (Wildman–Crippen MR) is 80.5 cm³/mol. The van der Waals surface area contributed by atoms with Crippen LogP contribution in [0.1, 0.15) is 40.5 Å². The van der Waals surface area contributed by atoms with Crippen molar-refractivity contribution in [1.29, 1.82) is 0 Å². The number of hydrogen-bond acceptors (Lipinski definition) is 3. The third-order valence-electron chi connectivity index (χ3n) is 4.12. The second kappa shape index (κ2) is 8.34. The van der Waals surface area contributed by atoms with Gasteiger partial charge in [-0.2, -0.15) is 13.2 Å². The summed E-state index contributed by atoms with van der Waals surface area (Å²) in [6.45, 7) is 11.0. The van der Waals surface area contributed by atoms with Crippen LogP contribution in [0.3, 0.4) is 0 Å². The lowest BCUT2D eigenvalue weighted by Crippen LogP contribution is -2.48. The average Bonchev–Trinajstić information content (AvgIpc) is 2.33. The largest absolute Gasteiger partial charge is 0.401 e. The van der Waals surface area contributed by atoms with Crippen molar-refractivity contribution in [3.05, 3.63) is 0 Å². The second-order valence-electron chi connectivity index (χ2n) is 6.55. The number of likely N-dealkylation sites (tertiary alicyclic amines) is 1. The number of halogens is 3. The van der Waals surface area contributed by atoms with Gasteiger partial charge in [0.2, 0.25) is 0 Å². The number of nitrogens with zero attached hydrogens (tertiary/aromatic N) is 2. The first-order valence-electron chi connectivity index (χ1n) is 7.97. The lowest BCUT2D eigenvalue weighted by molar-refractivity contribution is -0.148. The van der Waals surface area contributed by atoms with Crippen molar-refractivity contribution in [2.45, 2.75) is 64.8 Å². The Morgan fingerprint density at radius 2 is 1.62 bits per heavy atom. The van der Waals surface area contributed by atoms with Crippen LogP contribution in [0.2, 0.25) is 0 Å².